The van der Waals surface area contributed by atoms with Crippen molar-refractivity contribution in [1.29, 1.82) is 0 Å². The van der Waals surface area contributed by atoms with Gasteiger partial charge in [-0.1, -0.05) is 19.3 Å². The average Bonchev–Trinajstić information content (AvgIpc) is 2.78. The number of aromatic nitrogens is 1. The Labute approximate surface area is 151 Å². The SMILES string of the molecule is CCOC(=O)c1c(C)c(C(=O)N(C(C)C)C2CCCCC2)c(C)n1C. The Morgan fingerprint density at radius 1 is 1.20 bits per heavy atom. The Hall–Kier alpha value is -1.78. The second-order valence-electron chi connectivity index (χ2n) is 7.31. The quantitative estimate of drug-likeness (QED) is 0.756. The van der Waals surface area contributed by atoms with E-state index in [-0.39, 0.29) is 17.9 Å². The Morgan fingerprint density at radius 2 is 1.80 bits per heavy atom. The van der Waals surface area contributed by atoms with Gasteiger partial charge in [-0.2, -0.15) is 0 Å². The molecular formula is C20H32N2O3. The summed E-state index contributed by atoms with van der Waals surface area (Å²) in [7, 11) is 1.83. The van der Waals surface area contributed by atoms with Crippen molar-refractivity contribution in [2.24, 2.45) is 7.05 Å². The summed E-state index contributed by atoms with van der Waals surface area (Å²) < 4.78 is 6.97. The standard InChI is InChI=1S/C20H32N2O3/c1-7-25-20(24)18-14(4)17(15(5)21(18)6)19(23)22(13(2)3)16-11-9-8-10-12-16/h13,16H,7-12H2,1-6H3. The summed E-state index contributed by atoms with van der Waals surface area (Å²) in [5.74, 6) is -0.318. The monoisotopic (exact) mass is 348 g/mol. The first-order valence-corrected chi connectivity index (χ1v) is 9.46. The molecule has 0 saturated heterocycles. The van der Waals surface area contributed by atoms with Crippen LogP contribution in [0.15, 0.2) is 0 Å². The van der Waals surface area contributed by atoms with Crippen molar-refractivity contribution in [3.8, 4) is 0 Å². The molecule has 0 radical (unpaired) electrons. The molecule has 1 heterocycles. The van der Waals surface area contributed by atoms with Crippen LogP contribution in [-0.4, -0.2) is 40.0 Å². The lowest BCUT2D eigenvalue weighted by atomic mass is 9.92. The van der Waals surface area contributed by atoms with Crippen LogP contribution >= 0.6 is 0 Å². The molecular weight excluding hydrogens is 316 g/mol. The lowest BCUT2D eigenvalue weighted by Gasteiger charge is -2.37. The summed E-state index contributed by atoms with van der Waals surface area (Å²) in [4.78, 5) is 27.8. The van der Waals surface area contributed by atoms with E-state index in [4.69, 9.17) is 4.74 Å². The molecule has 5 heteroatoms. The Balaban J connectivity index is 2.43. The van der Waals surface area contributed by atoms with Gasteiger partial charge in [0.1, 0.15) is 5.69 Å². The summed E-state index contributed by atoms with van der Waals surface area (Å²) in [5, 5.41) is 0. The second-order valence-corrected chi connectivity index (χ2v) is 7.31. The molecule has 0 atom stereocenters. The first-order chi connectivity index (χ1) is 11.8. The molecule has 0 aromatic carbocycles. The number of ether oxygens (including phenoxy) is 1. The van der Waals surface area contributed by atoms with Crippen LogP contribution in [0.4, 0.5) is 0 Å². The molecule has 0 N–H and O–H groups in total. The highest BCUT2D eigenvalue weighted by Crippen LogP contribution is 2.29. The highest BCUT2D eigenvalue weighted by atomic mass is 16.5. The number of hydrogen-bond donors (Lipinski definition) is 0. The zero-order valence-corrected chi connectivity index (χ0v) is 16.5. The highest BCUT2D eigenvalue weighted by Gasteiger charge is 2.33. The van der Waals surface area contributed by atoms with Crippen LogP contribution in [0.2, 0.25) is 0 Å². The van der Waals surface area contributed by atoms with E-state index in [0.717, 1.165) is 24.1 Å². The summed E-state index contributed by atoms with van der Waals surface area (Å²) in [6, 6.07) is 0.437. The molecule has 0 bridgehead atoms. The maximum absolute atomic E-state index is 13.4. The fraction of sp³-hybridized carbons (Fsp3) is 0.700. The fourth-order valence-corrected chi connectivity index (χ4v) is 4.09. The number of carbonyl (C=O) groups is 2. The number of esters is 1. The van der Waals surface area contributed by atoms with E-state index in [1.54, 1.807) is 11.5 Å². The van der Waals surface area contributed by atoms with Crippen molar-refractivity contribution < 1.29 is 14.3 Å². The molecule has 25 heavy (non-hydrogen) atoms. The van der Waals surface area contributed by atoms with Gasteiger partial charge in [-0.15, -0.1) is 0 Å². The van der Waals surface area contributed by atoms with Crippen LogP contribution in [0.3, 0.4) is 0 Å². The van der Waals surface area contributed by atoms with Crippen molar-refractivity contribution in [3.63, 3.8) is 0 Å². The number of nitrogens with zero attached hydrogens (tertiary/aromatic N) is 2. The minimum Gasteiger partial charge on any atom is -0.461 e. The lowest BCUT2D eigenvalue weighted by Crippen LogP contribution is -2.46. The number of amides is 1. The fourth-order valence-electron chi connectivity index (χ4n) is 4.09. The molecule has 1 saturated carbocycles. The van der Waals surface area contributed by atoms with Crippen molar-refractivity contribution in [1.82, 2.24) is 9.47 Å². The van der Waals surface area contributed by atoms with E-state index in [1.807, 2.05) is 25.8 Å². The van der Waals surface area contributed by atoms with Crippen LogP contribution in [0.25, 0.3) is 0 Å². The summed E-state index contributed by atoms with van der Waals surface area (Å²) in [5.41, 5.74) is 2.69. The van der Waals surface area contributed by atoms with E-state index in [0.29, 0.717) is 23.9 Å². The zero-order valence-electron chi connectivity index (χ0n) is 16.5. The minimum absolute atomic E-state index is 0.0445. The van der Waals surface area contributed by atoms with E-state index < -0.39 is 0 Å². The van der Waals surface area contributed by atoms with E-state index in [2.05, 4.69) is 13.8 Å². The van der Waals surface area contributed by atoms with Crippen LogP contribution in [0.5, 0.6) is 0 Å². The van der Waals surface area contributed by atoms with Gasteiger partial charge in [0.15, 0.2) is 0 Å². The smallest absolute Gasteiger partial charge is 0.355 e. The largest absolute Gasteiger partial charge is 0.461 e. The maximum Gasteiger partial charge on any atom is 0.355 e. The Kier molecular flexibility index (Phi) is 6.31. The summed E-state index contributed by atoms with van der Waals surface area (Å²) >= 11 is 0. The van der Waals surface area contributed by atoms with Gasteiger partial charge in [-0.3, -0.25) is 4.79 Å². The molecule has 140 valence electrons. The maximum atomic E-state index is 13.4. The van der Waals surface area contributed by atoms with Crippen molar-refractivity contribution in [3.05, 3.63) is 22.5 Å². The van der Waals surface area contributed by atoms with Crippen molar-refractivity contribution in [2.75, 3.05) is 6.61 Å². The van der Waals surface area contributed by atoms with Gasteiger partial charge < -0.3 is 14.2 Å². The lowest BCUT2D eigenvalue weighted by molar-refractivity contribution is 0.0513. The molecule has 1 aliphatic carbocycles. The molecule has 5 nitrogen and oxygen atoms in total. The van der Waals surface area contributed by atoms with Gasteiger partial charge >= 0.3 is 5.97 Å². The molecule has 1 aliphatic rings. The topological polar surface area (TPSA) is 51.5 Å². The average molecular weight is 348 g/mol. The van der Waals surface area contributed by atoms with Gasteiger partial charge in [0.05, 0.1) is 12.2 Å². The van der Waals surface area contributed by atoms with E-state index in [9.17, 15) is 9.59 Å². The van der Waals surface area contributed by atoms with Gasteiger partial charge in [-0.25, -0.2) is 4.79 Å². The normalized spacial score (nSPS) is 15.5. The molecule has 1 aromatic heterocycles. The predicted octanol–water partition coefficient (Wildman–Crippen LogP) is 4.00. The Morgan fingerprint density at radius 3 is 2.32 bits per heavy atom. The third kappa shape index (κ3) is 3.75. The van der Waals surface area contributed by atoms with E-state index >= 15 is 0 Å². The number of hydrogen-bond acceptors (Lipinski definition) is 3. The molecule has 1 amide bonds. The summed E-state index contributed by atoms with van der Waals surface area (Å²) in [6.07, 6.45) is 5.76. The second kappa shape index (κ2) is 8.07. The number of carbonyl (C=O) groups excluding carboxylic acids is 2. The van der Waals surface area contributed by atoms with Crippen LogP contribution in [0, 0.1) is 13.8 Å². The molecule has 0 spiro atoms. The molecule has 2 rings (SSSR count). The van der Waals surface area contributed by atoms with Gasteiger partial charge in [-0.05, 0) is 53.0 Å². The molecule has 1 fully saturated rings. The van der Waals surface area contributed by atoms with Gasteiger partial charge in [0.25, 0.3) is 5.91 Å². The van der Waals surface area contributed by atoms with Crippen LogP contribution in [0.1, 0.15) is 85.0 Å². The van der Waals surface area contributed by atoms with Gasteiger partial charge in [0, 0.05) is 24.8 Å². The molecule has 0 unspecified atom stereocenters. The first kappa shape index (κ1) is 19.5. The van der Waals surface area contributed by atoms with Crippen LogP contribution in [-0.2, 0) is 11.8 Å². The zero-order chi connectivity index (χ0) is 18.7. The minimum atomic E-state index is -0.363. The van der Waals surface area contributed by atoms with E-state index in [1.165, 1.54) is 19.3 Å². The third-order valence-corrected chi connectivity index (χ3v) is 5.37. The van der Waals surface area contributed by atoms with Crippen LogP contribution < -0.4 is 0 Å². The third-order valence-electron chi connectivity index (χ3n) is 5.37. The summed E-state index contributed by atoms with van der Waals surface area (Å²) in [6.45, 7) is 10.0. The van der Waals surface area contributed by atoms with Gasteiger partial charge in [0.2, 0.25) is 0 Å². The molecule has 0 aliphatic heterocycles. The predicted molar refractivity (Wildman–Crippen MR) is 99.0 cm³/mol. The molecule has 1 aromatic rings. The Bertz CT molecular complexity index is 640. The number of rotatable bonds is 5. The highest BCUT2D eigenvalue weighted by molar-refractivity contribution is 6.01. The van der Waals surface area contributed by atoms with Crippen molar-refractivity contribution in [2.45, 2.75) is 78.8 Å². The first-order valence-electron chi connectivity index (χ1n) is 9.46. The van der Waals surface area contributed by atoms with Crippen molar-refractivity contribution >= 4 is 11.9 Å².